The maximum Gasteiger partial charge on any atom is 0.338 e. The van der Waals surface area contributed by atoms with Gasteiger partial charge in [0.1, 0.15) is 12.4 Å². The number of ether oxygens (including phenoxy) is 1. The van der Waals surface area contributed by atoms with Crippen LogP contribution in [0.2, 0.25) is 0 Å². The van der Waals surface area contributed by atoms with E-state index in [2.05, 4.69) is 11.6 Å². The van der Waals surface area contributed by atoms with Gasteiger partial charge in [0.15, 0.2) is 4.80 Å². The standard InChI is InChI=1S/C24H19FN2O3S/c1-3-13-30-23(29)20-15(2)26-24-27(21(20)16-9-5-4-6-10-16)22(28)19(31-24)14-17-11-7-8-12-18(17)25/h3-12,14,21H,1,13H2,2H3/b19-14+/t21-/m1/s1. The van der Waals surface area contributed by atoms with E-state index in [1.54, 1.807) is 25.1 Å². The summed E-state index contributed by atoms with van der Waals surface area (Å²) in [5, 5.41) is 0. The average Bonchev–Trinajstić information content (AvgIpc) is 3.08. The third kappa shape index (κ3) is 3.92. The highest BCUT2D eigenvalue weighted by molar-refractivity contribution is 7.07. The number of allylic oxidation sites excluding steroid dienone is 1. The van der Waals surface area contributed by atoms with Gasteiger partial charge in [-0.1, -0.05) is 72.5 Å². The summed E-state index contributed by atoms with van der Waals surface area (Å²) < 4.78 is 21.2. The van der Waals surface area contributed by atoms with E-state index in [0.717, 1.165) is 16.9 Å². The first-order valence-corrected chi connectivity index (χ1v) is 10.4. The molecule has 3 aromatic rings. The van der Waals surface area contributed by atoms with Gasteiger partial charge in [-0.05, 0) is 24.6 Å². The van der Waals surface area contributed by atoms with E-state index in [0.29, 0.717) is 20.6 Å². The Hall–Kier alpha value is -3.58. The quantitative estimate of drug-likeness (QED) is 0.458. The van der Waals surface area contributed by atoms with E-state index in [1.165, 1.54) is 22.8 Å². The third-order valence-corrected chi connectivity index (χ3v) is 5.86. The van der Waals surface area contributed by atoms with E-state index >= 15 is 0 Å². The molecule has 2 heterocycles. The lowest BCUT2D eigenvalue weighted by Crippen LogP contribution is -2.39. The fourth-order valence-electron chi connectivity index (χ4n) is 3.48. The van der Waals surface area contributed by atoms with E-state index in [9.17, 15) is 14.0 Å². The Kier molecular flexibility index (Phi) is 5.77. The van der Waals surface area contributed by atoms with Gasteiger partial charge in [0.25, 0.3) is 5.56 Å². The van der Waals surface area contributed by atoms with Crippen LogP contribution in [0.5, 0.6) is 0 Å². The van der Waals surface area contributed by atoms with Crippen molar-refractivity contribution in [2.45, 2.75) is 13.0 Å². The molecule has 0 spiro atoms. The molecule has 0 amide bonds. The third-order valence-electron chi connectivity index (χ3n) is 4.88. The molecule has 0 N–H and O–H groups in total. The predicted octanol–water partition coefficient (Wildman–Crippen LogP) is 3.10. The van der Waals surface area contributed by atoms with Gasteiger partial charge in [-0.2, -0.15) is 0 Å². The number of rotatable bonds is 5. The molecule has 31 heavy (non-hydrogen) atoms. The molecule has 2 aromatic carbocycles. The van der Waals surface area contributed by atoms with Crippen LogP contribution >= 0.6 is 11.3 Å². The molecule has 156 valence electrons. The molecule has 0 bridgehead atoms. The van der Waals surface area contributed by atoms with Crippen LogP contribution in [0.3, 0.4) is 0 Å². The molecule has 4 rings (SSSR count). The summed E-state index contributed by atoms with van der Waals surface area (Å²) in [6, 6.07) is 14.8. The maximum absolute atomic E-state index is 14.1. The second-order valence-corrected chi connectivity index (χ2v) is 7.91. The van der Waals surface area contributed by atoms with Gasteiger partial charge >= 0.3 is 5.97 Å². The SMILES string of the molecule is C=CCOC(=O)C1=C(C)N=c2s/c(=C/c3ccccc3F)c(=O)n2[C@@H]1c1ccccc1. The van der Waals surface area contributed by atoms with Crippen molar-refractivity contribution in [2.75, 3.05) is 6.61 Å². The summed E-state index contributed by atoms with van der Waals surface area (Å²) in [5.74, 6) is -0.976. The van der Waals surface area contributed by atoms with Gasteiger partial charge in [0, 0.05) is 5.56 Å². The Bertz CT molecular complexity index is 1370. The van der Waals surface area contributed by atoms with Crippen molar-refractivity contribution >= 4 is 23.4 Å². The minimum Gasteiger partial charge on any atom is -0.458 e. The van der Waals surface area contributed by atoms with Crippen molar-refractivity contribution < 1.29 is 13.9 Å². The second kappa shape index (κ2) is 8.65. The van der Waals surface area contributed by atoms with Crippen LogP contribution in [0, 0.1) is 5.82 Å². The van der Waals surface area contributed by atoms with Crippen LogP contribution < -0.4 is 14.9 Å². The van der Waals surface area contributed by atoms with Gasteiger partial charge in [-0.15, -0.1) is 0 Å². The van der Waals surface area contributed by atoms with Crippen molar-refractivity contribution in [1.29, 1.82) is 0 Å². The number of fused-ring (bicyclic) bond motifs is 1. The van der Waals surface area contributed by atoms with Crippen LogP contribution in [0.25, 0.3) is 6.08 Å². The van der Waals surface area contributed by atoms with Gasteiger partial charge in [0.2, 0.25) is 0 Å². The van der Waals surface area contributed by atoms with E-state index in [4.69, 9.17) is 4.74 Å². The van der Waals surface area contributed by atoms with Crippen molar-refractivity contribution in [2.24, 2.45) is 4.99 Å². The minimum atomic E-state index is -0.697. The zero-order chi connectivity index (χ0) is 22.0. The summed E-state index contributed by atoms with van der Waals surface area (Å²) in [5.41, 5.74) is 1.48. The molecular weight excluding hydrogens is 415 g/mol. The topological polar surface area (TPSA) is 60.7 Å². The van der Waals surface area contributed by atoms with Gasteiger partial charge in [0.05, 0.1) is 21.8 Å². The van der Waals surface area contributed by atoms with Crippen molar-refractivity contribution in [3.05, 3.63) is 115 Å². The largest absolute Gasteiger partial charge is 0.458 e. The fourth-order valence-corrected chi connectivity index (χ4v) is 4.52. The molecule has 1 aromatic heterocycles. The van der Waals surface area contributed by atoms with E-state index in [1.807, 2.05) is 30.3 Å². The molecule has 0 saturated heterocycles. The zero-order valence-electron chi connectivity index (χ0n) is 16.7. The number of halogens is 1. The number of nitrogens with zero attached hydrogens (tertiary/aromatic N) is 2. The summed E-state index contributed by atoms with van der Waals surface area (Å²) >= 11 is 1.16. The normalized spacial score (nSPS) is 15.9. The van der Waals surface area contributed by atoms with E-state index < -0.39 is 17.8 Å². The molecule has 0 saturated carbocycles. The van der Waals surface area contributed by atoms with Gasteiger partial charge in [-0.25, -0.2) is 14.2 Å². The Labute approximate surface area is 181 Å². The first kappa shape index (κ1) is 20.7. The monoisotopic (exact) mass is 434 g/mol. The van der Waals surface area contributed by atoms with Gasteiger partial charge in [-0.3, -0.25) is 9.36 Å². The molecule has 5 nitrogen and oxygen atoms in total. The Balaban J connectivity index is 1.95. The first-order valence-electron chi connectivity index (χ1n) is 9.61. The van der Waals surface area contributed by atoms with Crippen LogP contribution in [0.4, 0.5) is 4.39 Å². The lowest BCUT2D eigenvalue weighted by atomic mass is 9.96. The number of carbonyl (C=O) groups excluding carboxylic acids is 1. The summed E-state index contributed by atoms with van der Waals surface area (Å²) in [6.07, 6.45) is 2.99. The molecule has 1 aliphatic rings. The molecule has 0 unspecified atom stereocenters. The highest BCUT2D eigenvalue weighted by Crippen LogP contribution is 2.30. The Morgan fingerprint density at radius 1 is 1.23 bits per heavy atom. The van der Waals surface area contributed by atoms with Crippen LogP contribution in [-0.4, -0.2) is 17.1 Å². The molecule has 1 atom stereocenters. The molecule has 7 heteroatoms. The minimum absolute atomic E-state index is 0.0504. The van der Waals surface area contributed by atoms with E-state index in [-0.39, 0.29) is 17.7 Å². The number of carbonyl (C=O) groups is 1. The van der Waals surface area contributed by atoms with Crippen LogP contribution in [-0.2, 0) is 9.53 Å². The van der Waals surface area contributed by atoms with Crippen molar-refractivity contribution in [3.63, 3.8) is 0 Å². The molecule has 0 radical (unpaired) electrons. The number of esters is 1. The molecule has 0 fully saturated rings. The summed E-state index contributed by atoms with van der Waals surface area (Å²) in [6.45, 7) is 5.34. The molecular formula is C24H19FN2O3S. The molecule has 1 aliphatic heterocycles. The summed E-state index contributed by atoms with van der Waals surface area (Å²) in [7, 11) is 0. The smallest absolute Gasteiger partial charge is 0.338 e. The Morgan fingerprint density at radius 2 is 1.94 bits per heavy atom. The highest BCUT2D eigenvalue weighted by atomic mass is 32.1. The number of aromatic nitrogens is 1. The number of thiazole rings is 1. The lowest BCUT2D eigenvalue weighted by Gasteiger charge is -2.24. The number of benzene rings is 2. The van der Waals surface area contributed by atoms with Gasteiger partial charge < -0.3 is 4.74 Å². The van der Waals surface area contributed by atoms with Crippen LogP contribution in [0.1, 0.15) is 24.1 Å². The fraction of sp³-hybridized carbons (Fsp3) is 0.125. The van der Waals surface area contributed by atoms with Crippen LogP contribution in [0.15, 0.2) is 88.3 Å². The predicted molar refractivity (Wildman–Crippen MR) is 118 cm³/mol. The highest BCUT2D eigenvalue weighted by Gasteiger charge is 2.33. The van der Waals surface area contributed by atoms with Crippen molar-refractivity contribution in [1.82, 2.24) is 4.57 Å². The maximum atomic E-state index is 14.1. The lowest BCUT2D eigenvalue weighted by molar-refractivity contribution is -0.138. The van der Waals surface area contributed by atoms with Crippen molar-refractivity contribution in [3.8, 4) is 0 Å². The number of hydrogen-bond donors (Lipinski definition) is 0. The Morgan fingerprint density at radius 3 is 2.65 bits per heavy atom. The molecule has 0 aliphatic carbocycles. The summed E-state index contributed by atoms with van der Waals surface area (Å²) in [4.78, 5) is 31.2. The number of hydrogen-bond acceptors (Lipinski definition) is 5. The average molecular weight is 434 g/mol. The zero-order valence-corrected chi connectivity index (χ0v) is 17.6. The first-order chi connectivity index (χ1) is 15.0. The second-order valence-electron chi connectivity index (χ2n) is 6.90.